The topological polar surface area (TPSA) is 61.4 Å². The number of hydrogen-bond acceptors (Lipinski definition) is 2. The number of aryl methyl sites for hydroxylation is 4. The Morgan fingerprint density at radius 1 is 0.920 bits per heavy atom. The molecule has 0 atom stereocenters. The van der Waals surface area contributed by atoms with Gasteiger partial charge in [0.1, 0.15) is 6.54 Å². The average Bonchev–Trinajstić information content (AvgIpc) is 2.50. The second kappa shape index (κ2) is 7.83. The molecule has 0 fully saturated rings. The molecule has 2 aromatic rings. The van der Waals surface area contributed by atoms with E-state index < -0.39 is 0 Å². The van der Waals surface area contributed by atoms with Crippen LogP contribution in [-0.4, -0.2) is 30.4 Å². The molecular formula is C20H25N3O2. The molecule has 0 saturated carbocycles. The molecule has 5 nitrogen and oxygen atoms in total. The van der Waals surface area contributed by atoms with Crippen LogP contribution in [0, 0.1) is 27.7 Å². The third kappa shape index (κ3) is 5.08. The van der Waals surface area contributed by atoms with Crippen molar-refractivity contribution in [1.29, 1.82) is 0 Å². The molecule has 0 radical (unpaired) electrons. The lowest BCUT2D eigenvalue weighted by Gasteiger charge is -2.19. The second-order valence-corrected chi connectivity index (χ2v) is 6.48. The van der Waals surface area contributed by atoms with Gasteiger partial charge >= 0.3 is 6.03 Å². The van der Waals surface area contributed by atoms with Gasteiger partial charge in [0.2, 0.25) is 5.91 Å². The van der Waals surface area contributed by atoms with Crippen molar-refractivity contribution in [3.8, 4) is 0 Å². The minimum absolute atomic E-state index is 0.0234. The summed E-state index contributed by atoms with van der Waals surface area (Å²) < 4.78 is 0. The molecule has 0 aliphatic carbocycles. The van der Waals surface area contributed by atoms with E-state index in [0.29, 0.717) is 5.69 Å². The van der Waals surface area contributed by atoms with E-state index in [1.807, 2.05) is 64.1 Å². The summed E-state index contributed by atoms with van der Waals surface area (Å²) in [6, 6.07) is 11.3. The summed E-state index contributed by atoms with van der Waals surface area (Å²) >= 11 is 0. The van der Waals surface area contributed by atoms with Crippen LogP contribution in [0.5, 0.6) is 0 Å². The monoisotopic (exact) mass is 339 g/mol. The van der Waals surface area contributed by atoms with Gasteiger partial charge in [0.05, 0.1) is 0 Å². The summed E-state index contributed by atoms with van der Waals surface area (Å²) in [5, 5.41) is 5.69. The third-order valence-corrected chi connectivity index (χ3v) is 3.94. The Morgan fingerprint density at radius 3 is 2.16 bits per heavy atom. The molecule has 0 saturated heterocycles. The minimum Gasteiger partial charge on any atom is -0.324 e. The third-order valence-electron chi connectivity index (χ3n) is 3.94. The van der Waals surface area contributed by atoms with Crippen LogP contribution in [0.3, 0.4) is 0 Å². The maximum atomic E-state index is 12.3. The quantitative estimate of drug-likeness (QED) is 0.884. The van der Waals surface area contributed by atoms with Gasteiger partial charge in [0.25, 0.3) is 0 Å². The Balaban J connectivity index is 1.97. The first kappa shape index (κ1) is 18.5. The summed E-state index contributed by atoms with van der Waals surface area (Å²) in [5.41, 5.74) is 5.76. The van der Waals surface area contributed by atoms with Crippen LogP contribution in [0.25, 0.3) is 0 Å². The van der Waals surface area contributed by atoms with Crippen molar-refractivity contribution in [3.05, 3.63) is 58.7 Å². The Bertz CT molecular complexity index is 776. The highest BCUT2D eigenvalue weighted by molar-refractivity contribution is 5.97. The number of carbonyl (C=O) groups excluding carboxylic acids is 2. The molecule has 0 aliphatic rings. The zero-order valence-electron chi connectivity index (χ0n) is 15.4. The highest BCUT2D eigenvalue weighted by atomic mass is 16.2. The first-order chi connectivity index (χ1) is 11.8. The molecule has 5 heteroatoms. The second-order valence-electron chi connectivity index (χ2n) is 6.48. The van der Waals surface area contributed by atoms with Crippen LogP contribution in [-0.2, 0) is 4.79 Å². The van der Waals surface area contributed by atoms with Crippen LogP contribution in [0.1, 0.15) is 22.3 Å². The van der Waals surface area contributed by atoms with Gasteiger partial charge in [-0.1, -0.05) is 29.8 Å². The van der Waals surface area contributed by atoms with E-state index in [9.17, 15) is 9.59 Å². The fourth-order valence-electron chi connectivity index (χ4n) is 2.79. The van der Waals surface area contributed by atoms with E-state index in [4.69, 9.17) is 0 Å². The summed E-state index contributed by atoms with van der Waals surface area (Å²) in [7, 11) is 1.60. The number of benzene rings is 2. The minimum atomic E-state index is -0.321. The number of rotatable bonds is 4. The van der Waals surface area contributed by atoms with Crippen LogP contribution in [0.2, 0.25) is 0 Å². The van der Waals surface area contributed by atoms with Crippen LogP contribution >= 0.6 is 0 Å². The normalized spacial score (nSPS) is 10.3. The van der Waals surface area contributed by atoms with Crippen LogP contribution in [0.4, 0.5) is 16.2 Å². The van der Waals surface area contributed by atoms with Crippen molar-refractivity contribution < 1.29 is 9.59 Å². The highest BCUT2D eigenvalue weighted by Gasteiger charge is 2.15. The number of amides is 3. The van der Waals surface area contributed by atoms with Crippen molar-refractivity contribution in [2.45, 2.75) is 27.7 Å². The van der Waals surface area contributed by atoms with E-state index >= 15 is 0 Å². The van der Waals surface area contributed by atoms with Gasteiger partial charge in [-0.3, -0.25) is 4.79 Å². The van der Waals surface area contributed by atoms with Gasteiger partial charge < -0.3 is 15.5 Å². The first-order valence-corrected chi connectivity index (χ1v) is 8.22. The zero-order chi connectivity index (χ0) is 18.6. The smallest absolute Gasteiger partial charge is 0.322 e. The Hall–Kier alpha value is -2.82. The predicted molar refractivity (Wildman–Crippen MR) is 102 cm³/mol. The van der Waals surface area contributed by atoms with Crippen molar-refractivity contribution in [2.75, 3.05) is 24.2 Å². The number of urea groups is 1. The molecule has 2 rings (SSSR count). The number of nitrogens with zero attached hydrogens (tertiary/aromatic N) is 1. The van der Waals surface area contributed by atoms with E-state index in [1.54, 1.807) is 7.05 Å². The van der Waals surface area contributed by atoms with Gasteiger partial charge in [0.15, 0.2) is 0 Å². The maximum Gasteiger partial charge on any atom is 0.322 e. The lowest BCUT2D eigenvalue weighted by molar-refractivity contribution is -0.116. The number of likely N-dealkylation sites (N-methyl/N-ethyl adjacent to an activating group) is 1. The number of carbonyl (C=O) groups is 2. The van der Waals surface area contributed by atoms with Gasteiger partial charge in [0, 0.05) is 18.4 Å². The first-order valence-electron chi connectivity index (χ1n) is 8.22. The molecule has 2 aromatic carbocycles. The molecule has 0 bridgehead atoms. The largest absolute Gasteiger partial charge is 0.324 e. The van der Waals surface area contributed by atoms with Crippen LogP contribution < -0.4 is 10.6 Å². The molecule has 2 N–H and O–H groups in total. The van der Waals surface area contributed by atoms with E-state index in [0.717, 1.165) is 27.9 Å². The molecule has 0 unspecified atom stereocenters. The SMILES string of the molecule is Cc1cccc(NC(=O)N(C)CC(=O)Nc2c(C)cc(C)cc2C)c1. The standard InChI is InChI=1S/C20H25N3O2/c1-13-7-6-8-17(11-13)21-20(25)23(5)12-18(24)22-19-15(3)9-14(2)10-16(19)4/h6-11H,12H2,1-5H3,(H,21,25)(H,22,24). The van der Waals surface area contributed by atoms with E-state index in [-0.39, 0.29) is 18.5 Å². The Kier molecular flexibility index (Phi) is 5.80. The predicted octanol–water partition coefficient (Wildman–Crippen LogP) is 4.02. The molecule has 0 aliphatic heterocycles. The Morgan fingerprint density at radius 2 is 1.56 bits per heavy atom. The highest BCUT2D eigenvalue weighted by Crippen LogP contribution is 2.21. The van der Waals surface area contributed by atoms with Gasteiger partial charge in [-0.15, -0.1) is 0 Å². The fourth-order valence-corrected chi connectivity index (χ4v) is 2.79. The molecule has 0 spiro atoms. The van der Waals surface area contributed by atoms with Gasteiger partial charge in [-0.05, 0) is 56.5 Å². The van der Waals surface area contributed by atoms with Gasteiger partial charge in [-0.2, -0.15) is 0 Å². The molecule has 3 amide bonds. The lowest BCUT2D eigenvalue weighted by atomic mass is 10.1. The zero-order valence-corrected chi connectivity index (χ0v) is 15.4. The molecule has 132 valence electrons. The number of hydrogen-bond donors (Lipinski definition) is 2. The summed E-state index contributed by atoms with van der Waals surface area (Å²) in [6.45, 7) is 7.88. The average molecular weight is 339 g/mol. The summed E-state index contributed by atoms with van der Waals surface area (Å²) in [4.78, 5) is 25.9. The van der Waals surface area contributed by atoms with Crippen molar-refractivity contribution in [2.24, 2.45) is 0 Å². The van der Waals surface area contributed by atoms with Gasteiger partial charge in [-0.25, -0.2) is 4.79 Å². The van der Waals surface area contributed by atoms with Crippen molar-refractivity contribution in [1.82, 2.24) is 4.90 Å². The van der Waals surface area contributed by atoms with E-state index in [2.05, 4.69) is 10.6 Å². The molecule has 25 heavy (non-hydrogen) atoms. The number of anilines is 2. The molecule has 0 aromatic heterocycles. The molecule has 0 heterocycles. The van der Waals surface area contributed by atoms with Crippen LogP contribution in [0.15, 0.2) is 36.4 Å². The fraction of sp³-hybridized carbons (Fsp3) is 0.300. The Labute approximate surface area is 149 Å². The van der Waals surface area contributed by atoms with E-state index in [1.165, 1.54) is 4.90 Å². The summed E-state index contributed by atoms with van der Waals surface area (Å²) in [6.07, 6.45) is 0. The summed E-state index contributed by atoms with van der Waals surface area (Å²) in [5.74, 6) is -0.225. The number of nitrogens with one attached hydrogen (secondary N) is 2. The molecular weight excluding hydrogens is 314 g/mol. The lowest BCUT2D eigenvalue weighted by Crippen LogP contribution is -2.37. The van der Waals surface area contributed by atoms with Crippen molar-refractivity contribution in [3.63, 3.8) is 0 Å². The van der Waals surface area contributed by atoms with Crippen molar-refractivity contribution >= 4 is 23.3 Å². The maximum absolute atomic E-state index is 12.3.